The summed E-state index contributed by atoms with van der Waals surface area (Å²) < 4.78 is 33.1. The first kappa shape index (κ1) is 12.5. The molecule has 1 saturated carbocycles. The molecule has 0 amide bonds. The zero-order valence-corrected chi connectivity index (χ0v) is 10.2. The van der Waals surface area contributed by atoms with Gasteiger partial charge in [-0.25, -0.2) is 8.78 Å². The van der Waals surface area contributed by atoms with Crippen LogP contribution in [0.3, 0.4) is 0 Å². The highest BCUT2D eigenvalue weighted by Crippen LogP contribution is 2.50. The van der Waals surface area contributed by atoms with Crippen molar-refractivity contribution in [3.05, 3.63) is 35.4 Å². The van der Waals surface area contributed by atoms with Gasteiger partial charge in [0.2, 0.25) is 0 Å². The number of aliphatic carboxylic acids is 1. The van der Waals surface area contributed by atoms with Crippen LogP contribution in [-0.2, 0) is 20.9 Å². The average Bonchev–Trinajstić information content (AvgIpc) is 3.11. The summed E-state index contributed by atoms with van der Waals surface area (Å²) in [5.74, 6) is -4.48. The third-order valence-corrected chi connectivity index (χ3v) is 4.00. The fourth-order valence-corrected chi connectivity index (χ4v) is 2.43. The second kappa shape index (κ2) is 4.00. The van der Waals surface area contributed by atoms with Gasteiger partial charge in [-0.3, -0.25) is 4.79 Å². The Morgan fingerprint density at radius 3 is 2.53 bits per heavy atom. The number of carbonyl (C=O) groups is 1. The van der Waals surface area contributed by atoms with Gasteiger partial charge in [0.1, 0.15) is 5.41 Å². The van der Waals surface area contributed by atoms with Gasteiger partial charge in [-0.15, -0.1) is 0 Å². The molecule has 0 atom stereocenters. The molecule has 1 saturated heterocycles. The second-order valence-corrected chi connectivity index (χ2v) is 5.36. The largest absolute Gasteiger partial charge is 0.480 e. The highest BCUT2D eigenvalue weighted by Gasteiger charge is 2.51. The van der Waals surface area contributed by atoms with Crippen molar-refractivity contribution in [2.24, 2.45) is 5.92 Å². The molecule has 0 radical (unpaired) electrons. The van der Waals surface area contributed by atoms with Crippen molar-refractivity contribution in [1.82, 2.24) is 0 Å². The van der Waals surface area contributed by atoms with Gasteiger partial charge in [-0.2, -0.15) is 0 Å². The molecular weight excluding hydrogens is 254 g/mol. The third-order valence-electron chi connectivity index (χ3n) is 4.00. The van der Waals surface area contributed by atoms with E-state index in [9.17, 15) is 18.7 Å². The zero-order chi connectivity index (χ0) is 13.7. The molecule has 3 rings (SSSR count). The van der Waals surface area contributed by atoms with Gasteiger partial charge in [0.25, 0.3) is 5.92 Å². The molecule has 102 valence electrons. The summed E-state index contributed by atoms with van der Waals surface area (Å²) in [6.07, 6.45) is 1.06. The highest BCUT2D eigenvalue weighted by atomic mass is 19.3. The van der Waals surface area contributed by atoms with Gasteiger partial charge >= 0.3 is 5.97 Å². The summed E-state index contributed by atoms with van der Waals surface area (Å²) in [6.45, 7) is 0.0849. The van der Waals surface area contributed by atoms with Crippen molar-refractivity contribution in [2.75, 3.05) is 13.2 Å². The van der Waals surface area contributed by atoms with E-state index in [0.29, 0.717) is 18.4 Å². The molecule has 0 unspecified atom stereocenters. The summed E-state index contributed by atoms with van der Waals surface area (Å²) in [5.41, 5.74) is -0.834. The Morgan fingerprint density at radius 2 is 2.05 bits per heavy atom. The first-order chi connectivity index (χ1) is 8.97. The van der Waals surface area contributed by atoms with E-state index in [1.807, 2.05) is 0 Å². The minimum absolute atomic E-state index is 0.0424. The number of rotatable bonds is 4. The summed E-state index contributed by atoms with van der Waals surface area (Å²) in [5, 5.41) is 9.28. The Morgan fingerprint density at radius 1 is 1.37 bits per heavy atom. The van der Waals surface area contributed by atoms with Crippen LogP contribution >= 0.6 is 0 Å². The number of benzene rings is 1. The van der Waals surface area contributed by atoms with Crippen LogP contribution in [0.4, 0.5) is 8.78 Å². The number of halogens is 2. The lowest BCUT2D eigenvalue weighted by Crippen LogP contribution is -2.53. The molecule has 2 fully saturated rings. The number of carboxylic acids is 1. The SMILES string of the molecule is O=C(O)C1(c2cccc(C(F)(F)C3CC3)c2)COC1. The summed E-state index contributed by atoms with van der Waals surface area (Å²) in [4.78, 5) is 11.3. The van der Waals surface area contributed by atoms with Crippen LogP contribution in [0.1, 0.15) is 24.0 Å². The molecule has 0 aromatic heterocycles. The Bertz CT molecular complexity index is 519. The molecule has 5 heteroatoms. The number of hydrogen-bond acceptors (Lipinski definition) is 2. The lowest BCUT2D eigenvalue weighted by Gasteiger charge is -2.38. The van der Waals surface area contributed by atoms with Crippen LogP contribution in [0.15, 0.2) is 24.3 Å². The van der Waals surface area contributed by atoms with Gasteiger partial charge in [0.15, 0.2) is 0 Å². The zero-order valence-electron chi connectivity index (χ0n) is 10.2. The third kappa shape index (κ3) is 1.84. The summed E-state index contributed by atoms with van der Waals surface area (Å²) in [7, 11) is 0. The molecule has 1 aromatic rings. The van der Waals surface area contributed by atoms with Crippen LogP contribution < -0.4 is 0 Å². The summed E-state index contributed by atoms with van der Waals surface area (Å²) in [6, 6.07) is 5.79. The van der Waals surface area contributed by atoms with Crippen molar-refractivity contribution in [1.29, 1.82) is 0 Å². The molecule has 0 spiro atoms. The van der Waals surface area contributed by atoms with E-state index in [-0.39, 0.29) is 18.8 Å². The molecule has 0 bridgehead atoms. The summed E-state index contributed by atoms with van der Waals surface area (Å²) >= 11 is 0. The molecule has 1 N–H and O–H groups in total. The monoisotopic (exact) mass is 268 g/mol. The Hall–Kier alpha value is -1.49. The van der Waals surface area contributed by atoms with E-state index in [1.165, 1.54) is 18.2 Å². The standard InChI is InChI=1S/C14H14F2O3/c15-14(16,9-4-5-9)11-3-1-2-10(6-11)13(12(17)18)7-19-8-13/h1-3,6,9H,4-5,7-8H2,(H,17,18). The van der Waals surface area contributed by atoms with Crippen LogP contribution in [-0.4, -0.2) is 24.3 Å². The van der Waals surface area contributed by atoms with Crippen LogP contribution in [0.2, 0.25) is 0 Å². The van der Waals surface area contributed by atoms with E-state index in [2.05, 4.69) is 0 Å². The van der Waals surface area contributed by atoms with E-state index >= 15 is 0 Å². The van der Waals surface area contributed by atoms with E-state index in [4.69, 9.17) is 4.74 Å². The number of ether oxygens (including phenoxy) is 1. The normalized spacial score (nSPS) is 21.8. The van der Waals surface area contributed by atoms with E-state index in [1.54, 1.807) is 6.07 Å². The highest BCUT2D eigenvalue weighted by molar-refractivity contribution is 5.83. The molecule has 3 nitrogen and oxygen atoms in total. The first-order valence-corrected chi connectivity index (χ1v) is 6.27. The molecule has 1 aromatic carbocycles. The van der Waals surface area contributed by atoms with Gasteiger partial charge in [-0.05, 0) is 24.5 Å². The number of carboxylic acid groups (broad SMARTS) is 1. The minimum Gasteiger partial charge on any atom is -0.480 e. The molecule has 19 heavy (non-hydrogen) atoms. The van der Waals surface area contributed by atoms with Gasteiger partial charge in [-0.1, -0.05) is 18.2 Å². The van der Waals surface area contributed by atoms with Crippen LogP contribution in [0.25, 0.3) is 0 Å². The molecule has 1 aliphatic carbocycles. The van der Waals surface area contributed by atoms with Gasteiger partial charge in [0, 0.05) is 11.5 Å². The Balaban J connectivity index is 1.98. The van der Waals surface area contributed by atoms with Crippen LogP contribution in [0.5, 0.6) is 0 Å². The van der Waals surface area contributed by atoms with E-state index < -0.39 is 23.2 Å². The van der Waals surface area contributed by atoms with Crippen LogP contribution in [0, 0.1) is 5.92 Å². The molecular formula is C14H14F2O3. The van der Waals surface area contributed by atoms with Crippen molar-refractivity contribution >= 4 is 5.97 Å². The number of alkyl halides is 2. The van der Waals surface area contributed by atoms with Crippen molar-refractivity contribution in [3.63, 3.8) is 0 Å². The van der Waals surface area contributed by atoms with Gasteiger partial charge in [0.05, 0.1) is 13.2 Å². The van der Waals surface area contributed by atoms with Crippen molar-refractivity contribution in [2.45, 2.75) is 24.2 Å². The quantitative estimate of drug-likeness (QED) is 0.912. The maximum atomic E-state index is 14.1. The van der Waals surface area contributed by atoms with Gasteiger partial charge < -0.3 is 9.84 Å². The van der Waals surface area contributed by atoms with E-state index in [0.717, 1.165) is 0 Å². The predicted octanol–water partition coefficient (Wildman–Crippen LogP) is 2.54. The molecule has 1 aliphatic heterocycles. The maximum absolute atomic E-state index is 14.1. The smallest absolute Gasteiger partial charge is 0.318 e. The second-order valence-electron chi connectivity index (χ2n) is 5.36. The fraction of sp³-hybridized carbons (Fsp3) is 0.500. The minimum atomic E-state index is -2.86. The lowest BCUT2D eigenvalue weighted by atomic mass is 9.78. The Kier molecular flexibility index (Phi) is 2.64. The fourth-order valence-electron chi connectivity index (χ4n) is 2.43. The van der Waals surface area contributed by atoms with Crippen molar-refractivity contribution < 1.29 is 23.4 Å². The molecule has 1 heterocycles. The predicted molar refractivity (Wildman–Crippen MR) is 63.2 cm³/mol. The number of hydrogen-bond donors (Lipinski definition) is 1. The lowest BCUT2D eigenvalue weighted by molar-refractivity contribution is -0.163. The maximum Gasteiger partial charge on any atom is 0.318 e. The Labute approximate surface area is 109 Å². The first-order valence-electron chi connectivity index (χ1n) is 6.27. The topological polar surface area (TPSA) is 46.5 Å². The molecule has 2 aliphatic rings. The van der Waals surface area contributed by atoms with Crippen molar-refractivity contribution in [3.8, 4) is 0 Å². The average molecular weight is 268 g/mol.